The lowest BCUT2D eigenvalue weighted by molar-refractivity contribution is -0.117. The molecular formula is C20H14Cl2FN3O2S. The number of halogens is 3. The molecule has 0 bridgehead atoms. The number of carbonyl (C=O) groups is 2. The van der Waals surface area contributed by atoms with Gasteiger partial charge >= 0.3 is 0 Å². The van der Waals surface area contributed by atoms with Crippen LogP contribution in [-0.2, 0) is 11.2 Å². The molecule has 0 saturated carbocycles. The number of aromatic nitrogens is 1. The molecule has 2 amide bonds. The summed E-state index contributed by atoms with van der Waals surface area (Å²) in [6, 6.07) is 10.6. The molecule has 1 aromatic heterocycles. The van der Waals surface area contributed by atoms with E-state index in [2.05, 4.69) is 15.6 Å². The van der Waals surface area contributed by atoms with Crippen molar-refractivity contribution in [2.75, 3.05) is 10.6 Å². The number of carbonyl (C=O) groups excluding carboxylic acids is 2. The standard InChI is InChI=1S/C20H14Cl2FN3O2S/c21-11-3-1-10(2-4-11)18(27)26-20-25-17-13(6-8-16(17)29-20)19(28)24-12-5-7-15(23)14(22)9-12/h1-5,7,9,13H,6,8H2,(H,24,28)(H,25,26,27). The van der Waals surface area contributed by atoms with E-state index in [1.807, 2.05) is 0 Å². The van der Waals surface area contributed by atoms with E-state index in [1.54, 1.807) is 24.3 Å². The maximum absolute atomic E-state index is 13.3. The lowest BCUT2D eigenvalue weighted by atomic mass is 10.1. The van der Waals surface area contributed by atoms with E-state index in [0.29, 0.717) is 39.9 Å². The van der Waals surface area contributed by atoms with Crippen LogP contribution in [-0.4, -0.2) is 16.8 Å². The Labute approximate surface area is 179 Å². The molecule has 4 rings (SSSR count). The van der Waals surface area contributed by atoms with Crippen LogP contribution in [0.2, 0.25) is 10.0 Å². The van der Waals surface area contributed by atoms with Crippen LogP contribution in [0.3, 0.4) is 0 Å². The van der Waals surface area contributed by atoms with Crippen molar-refractivity contribution in [2.24, 2.45) is 0 Å². The largest absolute Gasteiger partial charge is 0.325 e. The van der Waals surface area contributed by atoms with Gasteiger partial charge in [0, 0.05) is 21.2 Å². The molecule has 5 nitrogen and oxygen atoms in total. The lowest BCUT2D eigenvalue weighted by Crippen LogP contribution is -2.20. The number of amides is 2. The third kappa shape index (κ3) is 4.27. The fourth-order valence-corrected chi connectivity index (χ4v) is 4.45. The Morgan fingerprint density at radius 2 is 1.86 bits per heavy atom. The van der Waals surface area contributed by atoms with Gasteiger partial charge < -0.3 is 5.32 Å². The minimum Gasteiger partial charge on any atom is -0.325 e. The Kier molecular flexibility index (Phi) is 5.54. The summed E-state index contributed by atoms with van der Waals surface area (Å²) in [5.41, 5.74) is 1.54. The number of rotatable bonds is 4. The normalized spacial score (nSPS) is 15.1. The Morgan fingerprint density at radius 3 is 2.59 bits per heavy atom. The number of anilines is 2. The van der Waals surface area contributed by atoms with Crippen LogP contribution in [0.25, 0.3) is 0 Å². The first kappa shape index (κ1) is 19.8. The summed E-state index contributed by atoms with van der Waals surface area (Å²) in [6.07, 6.45) is 1.33. The average Bonchev–Trinajstić information content (AvgIpc) is 3.25. The molecule has 0 spiro atoms. The first-order chi connectivity index (χ1) is 13.9. The molecule has 2 aromatic carbocycles. The molecule has 0 fully saturated rings. The van der Waals surface area contributed by atoms with Gasteiger partial charge in [0.2, 0.25) is 5.91 Å². The maximum atomic E-state index is 13.3. The summed E-state index contributed by atoms with van der Waals surface area (Å²) >= 11 is 13.0. The van der Waals surface area contributed by atoms with Crippen LogP contribution in [0.15, 0.2) is 42.5 Å². The molecule has 1 heterocycles. The quantitative estimate of drug-likeness (QED) is 0.551. The summed E-state index contributed by atoms with van der Waals surface area (Å²) in [5.74, 6) is -1.52. The SMILES string of the molecule is O=C(Nc1nc2c(s1)CCC2C(=O)Nc1ccc(F)c(Cl)c1)c1ccc(Cl)cc1. The number of thiazole rings is 1. The summed E-state index contributed by atoms with van der Waals surface area (Å²) in [4.78, 5) is 30.5. The van der Waals surface area contributed by atoms with Crippen LogP contribution in [0, 0.1) is 5.82 Å². The molecule has 9 heteroatoms. The summed E-state index contributed by atoms with van der Waals surface area (Å²) < 4.78 is 13.3. The highest BCUT2D eigenvalue weighted by Crippen LogP contribution is 2.39. The van der Waals surface area contributed by atoms with Crippen molar-refractivity contribution in [3.8, 4) is 0 Å². The second kappa shape index (κ2) is 8.10. The number of fused-ring (bicyclic) bond motifs is 1. The van der Waals surface area contributed by atoms with Crippen LogP contribution < -0.4 is 10.6 Å². The minimum absolute atomic E-state index is 0.0595. The van der Waals surface area contributed by atoms with Gasteiger partial charge in [0.15, 0.2) is 5.13 Å². The van der Waals surface area contributed by atoms with E-state index in [1.165, 1.54) is 29.5 Å². The second-order valence-corrected chi connectivity index (χ2v) is 8.43. The van der Waals surface area contributed by atoms with Gasteiger partial charge in [0.05, 0.1) is 16.6 Å². The molecule has 0 saturated heterocycles. The van der Waals surface area contributed by atoms with Gasteiger partial charge in [-0.05, 0) is 55.3 Å². The first-order valence-electron chi connectivity index (χ1n) is 8.73. The van der Waals surface area contributed by atoms with Crippen LogP contribution in [0.5, 0.6) is 0 Å². The predicted molar refractivity (Wildman–Crippen MR) is 113 cm³/mol. The molecule has 1 aliphatic carbocycles. The van der Waals surface area contributed by atoms with E-state index >= 15 is 0 Å². The zero-order valence-electron chi connectivity index (χ0n) is 14.8. The first-order valence-corrected chi connectivity index (χ1v) is 10.3. The zero-order chi connectivity index (χ0) is 20.5. The number of aryl methyl sites for hydroxylation is 1. The smallest absolute Gasteiger partial charge is 0.257 e. The van der Waals surface area contributed by atoms with Crippen LogP contribution >= 0.6 is 34.5 Å². The topological polar surface area (TPSA) is 71.1 Å². The number of hydrogen-bond donors (Lipinski definition) is 2. The third-order valence-corrected chi connectivity index (χ3v) is 6.14. The third-order valence-electron chi connectivity index (χ3n) is 4.55. The van der Waals surface area contributed by atoms with Crippen molar-refractivity contribution in [3.63, 3.8) is 0 Å². The number of hydrogen-bond acceptors (Lipinski definition) is 4. The average molecular weight is 450 g/mol. The summed E-state index contributed by atoms with van der Waals surface area (Å²) in [6.45, 7) is 0. The van der Waals surface area contributed by atoms with Crippen molar-refractivity contribution in [1.29, 1.82) is 0 Å². The van der Waals surface area contributed by atoms with Gasteiger partial charge in [-0.1, -0.05) is 23.2 Å². The highest BCUT2D eigenvalue weighted by Gasteiger charge is 2.33. The van der Waals surface area contributed by atoms with Crippen LogP contribution in [0.1, 0.15) is 33.3 Å². The van der Waals surface area contributed by atoms with Gasteiger partial charge in [0.1, 0.15) is 5.82 Å². The fourth-order valence-electron chi connectivity index (χ4n) is 3.11. The molecule has 0 aliphatic heterocycles. The van der Waals surface area contributed by atoms with Gasteiger partial charge in [-0.15, -0.1) is 11.3 Å². The zero-order valence-corrected chi connectivity index (χ0v) is 17.2. The number of nitrogens with zero attached hydrogens (tertiary/aromatic N) is 1. The van der Waals surface area contributed by atoms with E-state index in [-0.39, 0.29) is 16.8 Å². The van der Waals surface area contributed by atoms with Crippen molar-refractivity contribution in [2.45, 2.75) is 18.8 Å². The highest BCUT2D eigenvalue weighted by molar-refractivity contribution is 7.16. The molecule has 0 radical (unpaired) electrons. The molecule has 1 unspecified atom stereocenters. The fraction of sp³-hybridized carbons (Fsp3) is 0.150. The summed E-state index contributed by atoms with van der Waals surface area (Å²) in [7, 11) is 0. The lowest BCUT2D eigenvalue weighted by Gasteiger charge is -2.11. The monoisotopic (exact) mass is 449 g/mol. The van der Waals surface area contributed by atoms with Crippen molar-refractivity contribution < 1.29 is 14.0 Å². The Bertz CT molecular complexity index is 1100. The molecule has 1 aliphatic rings. The van der Waals surface area contributed by atoms with E-state index in [0.717, 1.165) is 4.88 Å². The van der Waals surface area contributed by atoms with E-state index < -0.39 is 11.7 Å². The number of nitrogens with one attached hydrogen (secondary N) is 2. The van der Waals surface area contributed by atoms with E-state index in [4.69, 9.17) is 23.2 Å². The Hall–Kier alpha value is -2.48. The predicted octanol–water partition coefficient (Wildman–Crippen LogP) is 5.51. The highest BCUT2D eigenvalue weighted by atomic mass is 35.5. The van der Waals surface area contributed by atoms with Gasteiger partial charge in [-0.25, -0.2) is 9.37 Å². The summed E-state index contributed by atoms with van der Waals surface area (Å²) in [5, 5.41) is 6.44. The van der Waals surface area contributed by atoms with Gasteiger partial charge in [0.25, 0.3) is 5.91 Å². The second-order valence-electron chi connectivity index (χ2n) is 6.50. The molecule has 2 N–H and O–H groups in total. The van der Waals surface area contributed by atoms with Crippen molar-refractivity contribution in [1.82, 2.24) is 4.98 Å². The number of benzene rings is 2. The molecule has 29 heavy (non-hydrogen) atoms. The van der Waals surface area contributed by atoms with Crippen molar-refractivity contribution >= 4 is 57.2 Å². The Morgan fingerprint density at radius 1 is 1.10 bits per heavy atom. The molecule has 1 atom stereocenters. The molecule has 3 aromatic rings. The van der Waals surface area contributed by atoms with Crippen molar-refractivity contribution in [3.05, 3.63) is 74.5 Å². The van der Waals surface area contributed by atoms with Gasteiger partial charge in [-0.3, -0.25) is 14.9 Å². The maximum Gasteiger partial charge on any atom is 0.257 e. The molecule has 148 valence electrons. The minimum atomic E-state index is -0.548. The Balaban J connectivity index is 1.46. The molecular weight excluding hydrogens is 436 g/mol. The van der Waals surface area contributed by atoms with Crippen LogP contribution in [0.4, 0.5) is 15.2 Å². The van der Waals surface area contributed by atoms with Gasteiger partial charge in [-0.2, -0.15) is 0 Å². The van der Waals surface area contributed by atoms with E-state index in [9.17, 15) is 14.0 Å².